The monoisotopic (exact) mass is 261 g/mol. The van der Waals surface area contributed by atoms with Crippen molar-refractivity contribution in [3.8, 4) is 0 Å². The SMILES string of the molecule is C/C=C\C=C/[C@H](C)n1c2ccccc2c2ccccc21. The van der Waals surface area contributed by atoms with Crippen LogP contribution in [0.3, 0.4) is 0 Å². The van der Waals surface area contributed by atoms with Gasteiger partial charge in [0.05, 0.1) is 0 Å². The van der Waals surface area contributed by atoms with Crippen LogP contribution in [-0.4, -0.2) is 4.57 Å². The molecule has 1 atom stereocenters. The summed E-state index contributed by atoms with van der Waals surface area (Å²) in [7, 11) is 0. The predicted octanol–water partition coefficient (Wildman–Crippen LogP) is 5.49. The van der Waals surface area contributed by atoms with E-state index in [1.165, 1.54) is 21.8 Å². The first kappa shape index (κ1) is 12.7. The summed E-state index contributed by atoms with van der Waals surface area (Å²) in [6.45, 7) is 4.27. The molecule has 2 aromatic carbocycles. The molecule has 0 aliphatic carbocycles. The minimum atomic E-state index is 0.330. The molecule has 0 spiro atoms. The van der Waals surface area contributed by atoms with Gasteiger partial charge in [0.2, 0.25) is 0 Å². The molecule has 1 aromatic heterocycles. The number of nitrogens with zero attached hydrogens (tertiary/aromatic N) is 1. The van der Waals surface area contributed by atoms with E-state index in [1.54, 1.807) is 0 Å². The van der Waals surface area contributed by atoms with E-state index in [-0.39, 0.29) is 0 Å². The summed E-state index contributed by atoms with van der Waals surface area (Å²) in [5.74, 6) is 0. The minimum absolute atomic E-state index is 0.330. The molecule has 1 nitrogen and oxygen atoms in total. The van der Waals surface area contributed by atoms with Gasteiger partial charge in [0.15, 0.2) is 0 Å². The van der Waals surface area contributed by atoms with Gasteiger partial charge in [0.25, 0.3) is 0 Å². The Balaban J connectivity index is 2.26. The lowest BCUT2D eigenvalue weighted by atomic mass is 10.2. The van der Waals surface area contributed by atoms with Crippen LogP contribution in [0.4, 0.5) is 0 Å². The first-order valence-electron chi connectivity index (χ1n) is 7.10. The fraction of sp³-hybridized carbons (Fsp3) is 0.158. The third kappa shape index (κ3) is 2.05. The Labute approximate surface area is 119 Å². The number of allylic oxidation sites excluding steroid dienone is 4. The number of hydrogen-bond acceptors (Lipinski definition) is 0. The van der Waals surface area contributed by atoms with E-state index in [0.717, 1.165) is 0 Å². The third-order valence-electron chi connectivity index (χ3n) is 3.72. The summed E-state index contributed by atoms with van der Waals surface area (Å²) < 4.78 is 2.41. The summed E-state index contributed by atoms with van der Waals surface area (Å²) in [5, 5.41) is 2.66. The average molecular weight is 261 g/mol. The van der Waals surface area contributed by atoms with E-state index in [9.17, 15) is 0 Å². The molecule has 0 unspecified atom stereocenters. The zero-order valence-corrected chi connectivity index (χ0v) is 12.0. The lowest BCUT2D eigenvalue weighted by Crippen LogP contribution is -2.01. The Kier molecular flexibility index (Phi) is 3.42. The van der Waals surface area contributed by atoms with Crippen molar-refractivity contribution in [1.82, 2.24) is 4.57 Å². The molecule has 0 N–H and O–H groups in total. The Morgan fingerprint density at radius 3 is 1.95 bits per heavy atom. The molecule has 3 rings (SSSR count). The van der Waals surface area contributed by atoms with Crippen LogP contribution in [0.15, 0.2) is 72.8 Å². The molecule has 100 valence electrons. The zero-order valence-electron chi connectivity index (χ0n) is 12.0. The van der Waals surface area contributed by atoms with E-state index in [1.807, 2.05) is 6.92 Å². The molecule has 1 heteroatoms. The second-order valence-electron chi connectivity index (χ2n) is 5.06. The van der Waals surface area contributed by atoms with Crippen LogP contribution in [0.25, 0.3) is 21.8 Å². The molecule has 0 bridgehead atoms. The van der Waals surface area contributed by atoms with Gasteiger partial charge in [-0.05, 0) is 26.0 Å². The van der Waals surface area contributed by atoms with Gasteiger partial charge in [-0.3, -0.25) is 0 Å². The van der Waals surface area contributed by atoms with Gasteiger partial charge in [-0.15, -0.1) is 0 Å². The van der Waals surface area contributed by atoms with Crippen molar-refractivity contribution in [2.24, 2.45) is 0 Å². The van der Waals surface area contributed by atoms with Crippen molar-refractivity contribution in [2.75, 3.05) is 0 Å². The second-order valence-corrected chi connectivity index (χ2v) is 5.06. The van der Waals surface area contributed by atoms with Gasteiger partial charge in [-0.2, -0.15) is 0 Å². The largest absolute Gasteiger partial charge is 0.334 e. The lowest BCUT2D eigenvalue weighted by Gasteiger charge is -2.12. The van der Waals surface area contributed by atoms with E-state index in [4.69, 9.17) is 0 Å². The van der Waals surface area contributed by atoms with Crippen molar-refractivity contribution < 1.29 is 0 Å². The normalized spacial score (nSPS) is 13.9. The highest BCUT2D eigenvalue weighted by Crippen LogP contribution is 2.31. The van der Waals surface area contributed by atoms with Crippen LogP contribution in [0.2, 0.25) is 0 Å². The third-order valence-corrected chi connectivity index (χ3v) is 3.72. The van der Waals surface area contributed by atoms with Gasteiger partial charge in [-0.1, -0.05) is 60.7 Å². The number of hydrogen-bond donors (Lipinski definition) is 0. The Bertz CT molecular complexity index is 736. The summed E-state index contributed by atoms with van der Waals surface area (Å²) >= 11 is 0. The lowest BCUT2D eigenvalue weighted by molar-refractivity contribution is 0.710. The molecule has 0 amide bonds. The number of benzene rings is 2. The molecule has 0 aliphatic rings. The first-order chi connectivity index (χ1) is 9.83. The van der Waals surface area contributed by atoms with Crippen molar-refractivity contribution in [2.45, 2.75) is 19.9 Å². The Hall–Kier alpha value is -2.28. The quantitative estimate of drug-likeness (QED) is 0.549. The fourth-order valence-corrected chi connectivity index (χ4v) is 2.81. The van der Waals surface area contributed by atoms with Gasteiger partial charge in [0, 0.05) is 27.8 Å². The molecule has 1 heterocycles. The van der Waals surface area contributed by atoms with Crippen LogP contribution < -0.4 is 0 Å². The highest BCUT2D eigenvalue weighted by molar-refractivity contribution is 6.08. The van der Waals surface area contributed by atoms with Gasteiger partial charge in [-0.25, -0.2) is 0 Å². The number of fused-ring (bicyclic) bond motifs is 3. The highest BCUT2D eigenvalue weighted by atomic mass is 15.0. The number of para-hydroxylation sites is 2. The molecule has 0 fully saturated rings. The van der Waals surface area contributed by atoms with Crippen LogP contribution in [0.5, 0.6) is 0 Å². The molecule has 0 aliphatic heterocycles. The van der Waals surface area contributed by atoms with Crippen molar-refractivity contribution >= 4 is 21.8 Å². The summed E-state index contributed by atoms with van der Waals surface area (Å²) in [6.07, 6.45) is 8.48. The van der Waals surface area contributed by atoms with Crippen molar-refractivity contribution in [3.63, 3.8) is 0 Å². The Morgan fingerprint density at radius 2 is 1.40 bits per heavy atom. The van der Waals surface area contributed by atoms with Crippen LogP contribution in [0, 0.1) is 0 Å². The van der Waals surface area contributed by atoms with Crippen LogP contribution >= 0.6 is 0 Å². The molecule has 0 radical (unpaired) electrons. The van der Waals surface area contributed by atoms with E-state index in [2.05, 4.69) is 84.3 Å². The maximum Gasteiger partial charge on any atom is 0.0497 e. The van der Waals surface area contributed by atoms with Gasteiger partial charge >= 0.3 is 0 Å². The van der Waals surface area contributed by atoms with E-state index >= 15 is 0 Å². The van der Waals surface area contributed by atoms with E-state index in [0.29, 0.717) is 6.04 Å². The highest BCUT2D eigenvalue weighted by Gasteiger charge is 2.12. The predicted molar refractivity (Wildman–Crippen MR) is 88.1 cm³/mol. The second kappa shape index (κ2) is 5.38. The van der Waals surface area contributed by atoms with Gasteiger partial charge in [0.1, 0.15) is 0 Å². The first-order valence-corrected chi connectivity index (χ1v) is 7.10. The number of rotatable bonds is 3. The maximum atomic E-state index is 2.41. The summed E-state index contributed by atoms with van der Waals surface area (Å²) in [4.78, 5) is 0. The molecule has 0 saturated carbocycles. The standard InChI is InChI=1S/C19H19N/c1-3-4-5-10-15(2)20-18-13-8-6-11-16(18)17-12-7-9-14-19(17)20/h3-15H,1-2H3/b4-3-,10-5-/t15-/m0/s1. The molecule has 0 saturated heterocycles. The minimum Gasteiger partial charge on any atom is -0.334 e. The molecular weight excluding hydrogens is 242 g/mol. The maximum absolute atomic E-state index is 2.41. The zero-order chi connectivity index (χ0) is 13.9. The fourth-order valence-electron chi connectivity index (χ4n) is 2.81. The molecular formula is C19H19N. The van der Waals surface area contributed by atoms with Gasteiger partial charge < -0.3 is 4.57 Å². The molecule has 20 heavy (non-hydrogen) atoms. The smallest absolute Gasteiger partial charge is 0.0497 e. The summed E-state index contributed by atoms with van der Waals surface area (Å²) in [5.41, 5.74) is 2.60. The molecule has 3 aromatic rings. The number of aromatic nitrogens is 1. The van der Waals surface area contributed by atoms with Crippen LogP contribution in [0.1, 0.15) is 19.9 Å². The van der Waals surface area contributed by atoms with Crippen LogP contribution in [-0.2, 0) is 0 Å². The Morgan fingerprint density at radius 1 is 0.850 bits per heavy atom. The topological polar surface area (TPSA) is 4.93 Å². The van der Waals surface area contributed by atoms with Crippen molar-refractivity contribution in [1.29, 1.82) is 0 Å². The average Bonchev–Trinajstić information content (AvgIpc) is 2.82. The summed E-state index contributed by atoms with van der Waals surface area (Å²) in [6, 6.07) is 17.6. The van der Waals surface area contributed by atoms with E-state index < -0.39 is 0 Å². The van der Waals surface area contributed by atoms with Crippen molar-refractivity contribution in [3.05, 3.63) is 72.8 Å².